The van der Waals surface area contributed by atoms with Crippen LogP contribution in [0, 0.1) is 0 Å². The first-order valence-corrected chi connectivity index (χ1v) is 8.30. The van der Waals surface area contributed by atoms with Crippen LogP contribution >= 0.6 is 27.3 Å². The highest BCUT2D eigenvalue weighted by Crippen LogP contribution is 2.43. The summed E-state index contributed by atoms with van der Waals surface area (Å²) in [6.07, 6.45) is 6.96. The van der Waals surface area contributed by atoms with Crippen LogP contribution in [0.25, 0.3) is 10.4 Å². The Morgan fingerprint density at radius 1 is 1.00 bits per heavy atom. The molecule has 1 saturated carbocycles. The van der Waals surface area contributed by atoms with Gasteiger partial charge in [-0.25, -0.2) is 0 Å². The summed E-state index contributed by atoms with van der Waals surface area (Å²) in [5.41, 5.74) is 1.34. The van der Waals surface area contributed by atoms with E-state index >= 15 is 0 Å². The van der Waals surface area contributed by atoms with Crippen LogP contribution in [0.3, 0.4) is 0 Å². The van der Waals surface area contributed by atoms with E-state index in [1.807, 2.05) is 11.3 Å². The smallest absolute Gasteiger partial charge is 0.0357 e. The monoisotopic (exact) mass is 320 g/mol. The summed E-state index contributed by atoms with van der Waals surface area (Å²) in [5.74, 6) is 0.788. The van der Waals surface area contributed by atoms with E-state index < -0.39 is 0 Å². The highest BCUT2D eigenvalue weighted by Gasteiger charge is 2.20. The van der Waals surface area contributed by atoms with Gasteiger partial charge in [0.15, 0.2) is 0 Å². The van der Waals surface area contributed by atoms with Crippen LogP contribution in [-0.2, 0) is 0 Å². The summed E-state index contributed by atoms with van der Waals surface area (Å²) >= 11 is 5.73. The summed E-state index contributed by atoms with van der Waals surface area (Å²) < 4.78 is 1.32. The minimum atomic E-state index is 0.788. The fourth-order valence-corrected chi connectivity index (χ4v) is 4.94. The first-order valence-electron chi connectivity index (χ1n) is 6.69. The van der Waals surface area contributed by atoms with Gasteiger partial charge in [-0.05, 0) is 46.3 Å². The van der Waals surface area contributed by atoms with Gasteiger partial charge < -0.3 is 0 Å². The Morgan fingerprint density at radius 3 is 2.44 bits per heavy atom. The molecule has 2 heteroatoms. The number of hydrogen-bond acceptors (Lipinski definition) is 1. The highest BCUT2D eigenvalue weighted by atomic mass is 79.9. The molecule has 1 aliphatic carbocycles. The SMILES string of the molecule is Brc1cc(-c2ccccc2)sc1C1CCCCC1. The summed E-state index contributed by atoms with van der Waals surface area (Å²) in [6, 6.07) is 13.0. The molecule has 1 fully saturated rings. The van der Waals surface area contributed by atoms with E-state index in [0.717, 1.165) is 5.92 Å². The molecule has 0 radical (unpaired) electrons. The van der Waals surface area contributed by atoms with Gasteiger partial charge in [0, 0.05) is 14.2 Å². The molecule has 2 aromatic rings. The van der Waals surface area contributed by atoms with E-state index in [-0.39, 0.29) is 0 Å². The van der Waals surface area contributed by atoms with Gasteiger partial charge in [0.1, 0.15) is 0 Å². The van der Waals surface area contributed by atoms with Crippen molar-refractivity contribution in [3.63, 3.8) is 0 Å². The van der Waals surface area contributed by atoms with E-state index in [1.54, 1.807) is 4.88 Å². The van der Waals surface area contributed by atoms with Crippen molar-refractivity contribution in [3.05, 3.63) is 45.7 Å². The Bertz CT molecular complexity index is 509. The quantitative estimate of drug-likeness (QED) is 0.615. The Hall–Kier alpha value is -0.600. The molecule has 94 valence electrons. The lowest BCUT2D eigenvalue weighted by Crippen LogP contribution is -2.02. The van der Waals surface area contributed by atoms with Crippen molar-refractivity contribution >= 4 is 27.3 Å². The first-order chi connectivity index (χ1) is 8.84. The molecule has 0 bridgehead atoms. The summed E-state index contributed by atoms with van der Waals surface area (Å²) in [5, 5.41) is 0. The van der Waals surface area contributed by atoms with Gasteiger partial charge in [-0.3, -0.25) is 0 Å². The minimum absolute atomic E-state index is 0.788. The molecule has 0 saturated heterocycles. The second-order valence-corrected chi connectivity index (χ2v) is 6.96. The molecule has 0 aliphatic heterocycles. The van der Waals surface area contributed by atoms with Crippen LogP contribution in [0.1, 0.15) is 42.9 Å². The van der Waals surface area contributed by atoms with Crippen LogP contribution in [0.5, 0.6) is 0 Å². The Morgan fingerprint density at radius 2 is 1.72 bits per heavy atom. The lowest BCUT2D eigenvalue weighted by atomic mass is 9.88. The van der Waals surface area contributed by atoms with Gasteiger partial charge in [-0.15, -0.1) is 11.3 Å². The maximum Gasteiger partial charge on any atom is 0.0357 e. The molecule has 0 atom stereocenters. The number of benzene rings is 1. The minimum Gasteiger partial charge on any atom is -0.139 e. The fraction of sp³-hybridized carbons (Fsp3) is 0.375. The van der Waals surface area contributed by atoms with Gasteiger partial charge in [0.25, 0.3) is 0 Å². The number of halogens is 1. The average molecular weight is 321 g/mol. The van der Waals surface area contributed by atoms with Gasteiger partial charge in [0.05, 0.1) is 0 Å². The molecule has 1 aliphatic rings. The van der Waals surface area contributed by atoms with E-state index in [0.29, 0.717) is 0 Å². The third-order valence-electron chi connectivity index (χ3n) is 3.75. The Balaban J connectivity index is 1.91. The van der Waals surface area contributed by atoms with Crippen LogP contribution in [0.15, 0.2) is 40.9 Å². The molecular formula is C16H17BrS. The third kappa shape index (κ3) is 2.55. The predicted octanol–water partition coefficient (Wildman–Crippen LogP) is 6.23. The molecule has 3 rings (SSSR count). The highest BCUT2D eigenvalue weighted by molar-refractivity contribution is 9.10. The van der Waals surface area contributed by atoms with Gasteiger partial charge in [-0.1, -0.05) is 49.6 Å². The molecular weight excluding hydrogens is 304 g/mol. The van der Waals surface area contributed by atoms with Gasteiger partial charge >= 0.3 is 0 Å². The van der Waals surface area contributed by atoms with Crippen molar-refractivity contribution in [1.29, 1.82) is 0 Å². The molecule has 0 N–H and O–H groups in total. The maximum atomic E-state index is 3.76. The number of rotatable bonds is 2. The molecule has 0 amide bonds. The maximum absolute atomic E-state index is 3.76. The normalized spacial score (nSPS) is 16.9. The summed E-state index contributed by atoms with van der Waals surface area (Å²) in [4.78, 5) is 2.96. The fourth-order valence-electron chi connectivity index (χ4n) is 2.77. The largest absolute Gasteiger partial charge is 0.139 e. The van der Waals surface area contributed by atoms with Crippen LogP contribution < -0.4 is 0 Å². The van der Waals surface area contributed by atoms with Crippen LogP contribution in [-0.4, -0.2) is 0 Å². The van der Waals surface area contributed by atoms with Crippen molar-refractivity contribution in [3.8, 4) is 10.4 Å². The standard InChI is InChI=1S/C16H17BrS/c17-14-11-15(12-7-3-1-4-8-12)18-16(14)13-9-5-2-6-10-13/h1,3-4,7-8,11,13H,2,5-6,9-10H2. The number of hydrogen-bond donors (Lipinski definition) is 0. The third-order valence-corrected chi connectivity index (χ3v) is 6.01. The zero-order valence-electron chi connectivity index (χ0n) is 10.4. The van der Waals surface area contributed by atoms with E-state index in [4.69, 9.17) is 0 Å². The lowest BCUT2D eigenvalue weighted by molar-refractivity contribution is 0.447. The topological polar surface area (TPSA) is 0 Å². The summed E-state index contributed by atoms with van der Waals surface area (Å²) in [6.45, 7) is 0. The molecule has 0 nitrogen and oxygen atoms in total. The Kier molecular flexibility index (Phi) is 3.86. The molecule has 0 unspecified atom stereocenters. The zero-order chi connectivity index (χ0) is 12.4. The van der Waals surface area contributed by atoms with Crippen molar-refractivity contribution < 1.29 is 0 Å². The Labute approximate surface area is 121 Å². The van der Waals surface area contributed by atoms with E-state index in [1.165, 1.54) is 47.0 Å². The molecule has 1 heterocycles. The molecule has 0 spiro atoms. The predicted molar refractivity (Wildman–Crippen MR) is 83.3 cm³/mol. The first kappa shape index (κ1) is 12.4. The van der Waals surface area contributed by atoms with Crippen molar-refractivity contribution in [2.45, 2.75) is 38.0 Å². The zero-order valence-corrected chi connectivity index (χ0v) is 12.8. The van der Waals surface area contributed by atoms with Crippen LogP contribution in [0.2, 0.25) is 0 Å². The van der Waals surface area contributed by atoms with E-state index in [9.17, 15) is 0 Å². The van der Waals surface area contributed by atoms with Crippen molar-refractivity contribution in [1.82, 2.24) is 0 Å². The van der Waals surface area contributed by atoms with E-state index in [2.05, 4.69) is 52.3 Å². The summed E-state index contributed by atoms with van der Waals surface area (Å²) in [7, 11) is 0. The van der Waals surface area contributed by atoms with Crippen LogP contribution in [0.4, 0.5) is 0 Å². The lowest BCUT2D eigenvalue weighted by Gasteiger charge is -2.20. The molecule has 1 aromatic carbocycles. The van der Waals surface area contributed by atoms with Gasteiger partial charge in [-0.2, -0.15) is 0 Å². The van der Waals surface area contributed by atoms with Crippen molar-refractivity contribution in [2.75, 3.05) is 0 Å². The second kappa shape index (κ2) is 5.58. The molecule has 18 heavy (non-hydrogen) atoms. The number of thiophene rings is 1. The van der Waals surface area contributed by atoms with Crippen molar-refractivity contribution in [2.24, 2.45) is 0 Å². The molecule has 1 aromatic heterocycles. The average Bonchev–Trinajstić information content (AvgIpc) is 2.83. The second-order valence-electron chi connectivity index (χ2n) is 5.02. The van der Waals surface area contributed by atoms with Gasteiger partial charge in [0.2, 0.25) is 0 Å².